The van der Waals surface area contributed by atoms with Gasteiger partial charge in [-0.1, -0.05) is 18.0 Å². The van der Waals surface area contributed by atoms with E-state index in [1.54, 1.807) is 23.1 Å². The Kier molecular flexibility index (Phi) is 7.25. The van der Waals surface area contributed by atoms with Crippen LogP contribution < -0.4 is 10.6 Å². The molecule has 1 aliphatic rings. The summed E-state index contributed by atoms with van der Waals surface area (Å²) < 4.78 is 0. The fraction of sp³-hybridized carbons (Fsp3) is 0.500. The Bertz CT molecular complexity index is 648. The maximum atomic E-state index is 12.1. The molecule has 0 radical (unpaired) electrons. The van der Waals surface area contributed by atoms with Crippen molar-refractivity contribution in [2.45, 2.75) is 39.0 Å². The van der Waals surface area contributed by atoms with Gasteiger partial charge < -0.3 is 15.5 Å². The number of carbonyl (C=O) groups excluding carboxylic acids is 3. The van der Waals surface area contributed by atoms with E-state index in [-0.39, 0.29) is 29.2 Å². The van der Waals surface area contributed by atoms with Crippen LogP contribution in [0.4, 0.5) is 5.69 Å². The number of halogens is 1. The highest BCUT2D eigenvalue weighted by atomic mass is 35.5. The fourth-order valence-corrected chi connectivity index (χ4v) is 3.03. The number of rotatable bonds is 6. The molecule has 3 amide bonds. The van der Waals surface area contributed by atoms with Gasteiger partial charge in [-0.15, -0.1) is 0 Å². The van der Waals surface area contributed by atoms with E-state index in [1.165, 1.54) is 0 Å². The first-order chi connectivity index (χ1) is 12.0. The second-order valence-electron chi connectivity index (χ2n) is 6.04. The first-order valence-corrected chi connectivity index (χ1v) is 9.04. The predicted molar refractivity (Wildman–Crippen MR) is 97.8 cm³/mol. The van der Waals surface area contributed by atoms with E-state index in [0.29, 0.717) is 30.8 Å². The summed E-state index contributed by atoms with van der Waals surface area (Å²) in [5.74, 6) is -0.302. The monoisotopic (exact) mass is 365 g/mol. The highest BCUT2D eigenvalue weighted by molar-refractivity contribution is 6.34. The molecule has 25 heavy (non-hydrogen) atoms. The normalized spacial score (nSPS) is 14.8. The van der Waals surface area contributed by atoms with Crippen molar-refractivity contribution in [1.29, 1.82) is 0 Å². The highest BCUT2D eigenvalue weighted by Gasteiger charge is 2.17. The summed E-state index contributed by atoms with van der Waals surface area (Å²) in [6.07, 6.45) is 3.78. The van der Waals surface area contributed by atoms with Crippen LogP contribution in [0, 0.1) is 0 Å². The number of carbonyl (C=O) groups is 3. The number of amides is 3. The van der Waals surface area contributed by atoms with Crippen LogP contribution in [-0.2, 0) is 9.59 Å². The quantitative estimate of drug-likeness (QED) is 0.813. The van der Waals surface area contributed by atoms with Gasteiger partial charge in [0.2, 0.25) is 11.8 Å². The molecule has 2 rings (SSSR count). The lowest BCUT2D eigenvalue weighted by Crippen LogP contribution is -2.33. The molecule has 0 spiro atoms. The van der Waals surface area contributed by atoms with E-state index in [4.69, 9.17) is 11.6 Å². The molecule has 1 heterocycles. The van der Waals surface area contributed by atoms with E-state index >= 15 is 0 Å². The van der Waals surface area contributed by atoms with Gasteiger partial charge in [0.1, 0.15) is 0 Å². The van der Waals surface area contributed by atoms with E-state index < -0.39 is 0 Å². The van der Waals surface area contributed by atoms with Gasteiger partial charge in [-0.05, 0) is 38.0 Å². The number of hydrogen-bond acceptors (Lipinski definition) is 3. The second-order valence-corrected chi connectivity index (χ2v) is 6.45. The van der Waals surface area contributed by atoms with E-state index in [0.717, 1.165) is 25.8 Å². The number of anilines is 1. The largest absolute Gasteiger partial charge is 0.352 e. The number of nitrogens with zero attached hydrogens (tertiary/aromatic N) is 1. The Labute approximate surface area is 152 Å². The summed E-state index contributed by atoms with van der Waals surface area (Å²) in [5.41, 5.74) is 0.905. The first-order valence-electron chi connectivity index (χ1n) is 8.66. The molecule has 1 fully saturated rings. The van der Waals surface area contributed by atoms with Crippen LogP contribution in [0.25, 0.3) is 0 Å². The summed E-state index contributed by atoms with van der Waals surface area (Å²) in [6, 6.07) is 4.79. The molecule has 0 atom stereocenters. The minimum Gasteiger partial charge on any atom is -0.352 e. The third-order valence-corrected chi connectivity index (χ3v) is 4.43. The summed E-state index contributed by atoms with van der Waals surface area (Å²) in [7, 11) is 0. The summed E-state index contributed by atoms with van der Waals surface area (Å²) in [6.45, 7) is 3.49. The van der Waals surface area contributed by atoms with Crippen LogP contribution in [0.3, 0.4) is 0 Å². The van der Waals surface area contributed by atoms with Crippen molar-refractivity contribution in [3.63, 3.8) is 0 Å². The van der Waals surface area contributed by atoms with Crippen molar-refractivity contribution >= 4 is 35.0 Å². The standard InChI is InChI=1S/C18H24ClN3O3/c1-2-20-18(25)14-8-7-13(12-15(14)19)21-16(23)9-11-22-10-5-3-4-6-17(22)24/h7-8,12H,2-6,9-11H2,1H3,(H,20,25)(H,21,23). The van der Waals surface area contributed by atoms with Crippen molar-refractivity contribution < 1.29 is 14.4 Å². The molecule has 7 heteroatoms. The fourth-order valence-electron chi connectivity index (χ4n) is 2.77. The Morgan fingerprint density at radius 2 is 2.04 bits per heavy atom. The lowest BCUT2D eigenvalue weighted by atomic mass is 10.2. The molecule has 6 nitrogen and oxygen atoms in total. The minimum atomic E-state index is -0.245. The Morgan fingerprint density at radius 3 is 2.76 bits per heavy atom. The smallest absolute Gasteiger partial charge is 0.252 e. The molecule has 2 N–H and O–H groups in total. The molecular formula is C18H24ClN3O3. The van der Waals surface area contributed by atoms with Crippen molar-refractivity contribution in [1.82, 2.24) is 10.2 Å². The zero-order valence-corrected chi connectivity index (χ0v) is 15.2. The zero-order valence-electron chi connectivity index (χ0n) is 14.4. The van der Waals surface area contributed by atoms with E-state index in [9.17, 15) is 14.4 Å². The van der Waals surface area contributed by atoms with Gasteiger partial charge in [-0.3, -0.25) is 14.4 Å². The predicted octanol–water partition coefficient (Wildman–Crippen LogP) is 2.82. The Balaban J connectivity index is 1.88. The summed E-state index contributed by atoms with van der Waals surface area (Å²) in [4.78, 5) is 37.6. The summed E-state index contributed by atoms with van der Waals surface area (Å²) >= 11 is 6.11. The van der Waals surface area contributed by atoms with Gasteiger partial charge in [0.25, 0.3) is 5.91 Å². The maximum Gasteiger partial charge on any atom is 0.252 e. The lowest BCUT2D eigenvalue weighted by molar-refractivity contribution is -0.131. The molecule has 0 bridgehead atoms. The minimum absolute atomic E-state index is 0.125. The van der Waals surface area contributed by atoms with Gasteiger partial charge in [0.05, 0.1) is 10.6 Å². The molecule has 1 aliphatic heterocycles. The second kappa shape index (κ2) is 9.42. The molecule has 0 saturated carbocycles. The molecule has 0 unspecified atom stereocenters. The Hall–Kier alpha value is -2.08. The highest BCUT2D eigenvalue weighted by Crippen LogP contribution is 2.21. The van der Waals surface area contributed by atoms with Crippen LogP contribution in [0.5, 0.6) is 0 Å². The lowest BCUT2D eigenvalue weighted by Gasteiger charge is -2.20. The van der Waals surface area contributed by atoms with Gasteiger partial charge in [-0.25, -0.2) is 0 Å². The average molecular weight is 366 g/mol. The zero-order chi connectivity index (χ0) is 18.2. The number of nitrogens with one attached hydrogen (secondary N) is 2. The van der Waals surface area contributed by atoms with Crippen LogP contribution in [0.15, 0.2) is 18.2 Å². The SMILES string of the molecule is CCNC(=O)c1ccc(NC(=O)CCN2CCCCCC2=O)cc1Cl. The third-order valence-electron chi connectivity index (χ3n) is 4.11. The van der Waals surface area contributed by atoms with E-state index in [1.807, 2.05) is 6.92 Å². The maximum absolute atomic E-state index is 12.1. The molecule has 1 saturated heterocycles. The van der Waals surface area contributed by atoms with Gasteiger partial charge in [-0.2, -0.15) is 0 Å². The number of hydrogen-bond donors (Lipinski definition) is 2. The topological polar surface area (TPSA) is 78.5 Å². The molecule has 0 aliphatic carbocycles. The van der Waals surface area contributed by atoms with Crippen molar-refractivity contribution in [2.75, 3.05) is 25.0 Å². The number of benzene rings is 1. The Morgan fingerprint density at radius 1 is 1.24 bits per heavy atom. The van der Waals surface area contributed by atoms with Crippen LogP contribution in [0.2, 0.25) is 5.02 Å². The molecule has 136 valence electrons. The third kappa shape index (κ3) is 5.74. The molecule has 1 aromatic carbocycles. The first kappa shape index (κ1) is 19.2. The van der Waals surface area contributed by atoms with E-state index in [2.05, 4.69) is 10.6 Å². The summed E-state index contributed by atoms with van der Waals surface area (Å²) in [5, 5.41) is 5.72. The molecule has 1 aromatic rings. The van der Waals surface area contributed by atoms with Crippen LogP contribution >= 0.6 is 11.6 Å². The van der Waals surface area contributed by atoms with Crippen molar-refractivity contribution in [2.24, 2.45) is 0 Å². The van der Waals surface area contributed by atoms with Crippen molar-refractivity contribution in [3.8, 4) is 0 Å². The van der Waals surface area contributed by atoms with Gasteiger partial charge in [0.15, 0.2) is 0 Å². The molecular weight excluding hydrogens is 342 g/mol. The molecule has 0 aromatic heterocycles. The van der Waals surface area contributed by atoms with Crippen LogP contribution in [-0.4, -0.2) is 42.3 Å². The van der Waals surface area contributed by atoms with Crippen molar-refractivity contribution in [3.05, 3.63) is 28.8 Å². The van der Waals surface area contributed by atoms with Gasteiger partial charge in [0, 0.05) is 38.2 Å². The van der Waals surface area contributed by atoms with Gasteiger partial charge >= 0.3 is 0 Å². The van der Waals surface area contributed by atoms with Crippen LogP contribution in [0.1, 0.15) is 49.4 Å². The number of likely N-dealkylation sites (tertiary alicyclic amines) is 1. The average Bonchev–Trinajstić information content (AvgIpc) is 2.77.